The van der Waals surface area contributed by atoms with Gasteiger partial charge in [-0.25, -0.2) is 4.79 Å². The number of phenolic OH excluding ortho intramolecular Hbond substituents is 1. The number of nitrogens with zero attached hydrogens (tertiary/aromatic N) is 1. The Balaban J connectivity index is 2.16. The molecule has 2 N–H and O–H groups in total. The Labute approximate surface area is 196 Å². The van der Waals surface area contributed by atoms with Crippen molar-refractivity contribution < 1.29 is 24.5 Å². The summed E-state index contributed by atoms with van der Waals surface area (Å²) in [6.07, 6.45) is 1.33. The predicted molar refractivity (Wildman–Crippen MR) is 130 cm³/mol. The second kappa shape index (κ2) is 10.6. The fraction of sp³-hybridized carbons (Fsp3) is 0.444. The number of hydrogen-bond donors (Lipinski definition) is 2. The first-order valence-electron chi connectivity index (χ1n) is 11.1. The third kappa shape index (κ3) is 7.74. The average Bonchev–Trinajstić information content (AvgIpc) is 2.72. The van der Waals surface area contributed by atoms with Crippen LogP contribution in [0.2, 0.25) is 0 Å². The lowest BCUT2D eigenvalue weighted by molar-refractivity contribution is -0.145. The van der Waals surface area contributed by atoms with Crippen molar-refractivity contribution in [1.29, 1.82) is 0 Å². The number of hydrogen-bond acceptors (Lipinski definition) is 5. The molecule has 0 bridgehead atoms. The van der Waals surface area contributed by atoms with Crippen molar-refractivity contribution in [2.45, 2.75) is 77.9 Å². The zero-order valence-corrected chi connectivity index (χ0v) is 20.4. The van der Waals surface area contributed by atoms with Gasteiger partial charge in [0.05, 0.1) is 0 Å². The second-order valence-corrected chi connectivity index (χ2v) is 10.3. The van der Waals surface area contributed by atoms with Crippen LogP contribution in [0.1, 0.15) is 76.6 Å². The number of carboxylic acids is 1. The molecule has 6 nitrogen and oxygen atoms in total. The molecule has 0 heterocycles. The molecule has 0 amide bonds. The Kier molecular flexibility index (Phi) is 8.42. The van der Waals surface area contributed by atoms with Gasteiger partial charge in [-0.15, -0.1) is 0 Å². The van der Waals surface area contributed by atoms with Gasteiger partial charge < -0.3 is 14.9 Å². The van der Waals surface area contributed by atoms with Crippen molar-refractivity contribution in [3.8, 4) is 5.75 Å². The molecule has 2 aromatic carbocycles. The van der Waals surface area contributed by atoms with Crippen molar-refractivity contribution in [3.05, 3.63) is 64.7 Å². The van der Waals surface area contributed by atoms with Crippen LogP contribution in [-0.2, 0) is 31.8 Å². The molecule has 33 heavy (non-hydrogen) atoms. The van der Waals surface area contributed by atoms with E-state index in [1.54, 1.807) is 0 Å². The lowest BCUT2D eigenvalue weighted by Crippen LogP contribution is -2.20. The van der Waals surface area contributed by atoms with Gasteiger partial charge in [-0.3, -0.25) is 9.79 Å². The predicted octanol–water partition coefficient (Wildman–Crippen LogP) is 5.38. The molecule has 0 fully saturated rings. The number of phenols is 1. The quantitative estimate of drug-likeness (QED) is 0.413. The molecule has 6 heteroatoms. The van der Waals surface area contributed by atoms with E-state index in [4.69, 9.17) is 4.74 Å². The summed E-state index contributed by atoms with van der Waals surface area (Å²) >= 11 is 0. The monoisotopic (exact) mass is 453 g/mol. The largest absolute Gasteiger partial charge is 0.507 e. The van der Waals surface area contributed by atoms with Gasteiger partial charge in [0.1, 0.15) is 18.4 Å². The summed E-state index contributed by atoms with van der Waals surface area (Å²) in [6.45, 7) is 12.4. The zero-order chi connectivity index (χ0) is 24.8. The Morgan fingerprint density at radius 1 is 1.03 bits per heavy atom. The highest BCUT2D eigenvalue weighted by Gasteiger charge is 2.25. The molecule has 0 aliphatic carbocycles. The molecule has 2 aromatic rings. The minimum atomic E-state index is -1.13. The van der Waals surface area contributed by atoms with Crippen molar-refractivity contribution in [2.75, 3.05) is 0 Å². The molecule has 0 aliphatic heterocycles. The fourth-order valence-corrected chi connectivity index (χ4v) is 3.26. The highest BCUT2D eigenvalue weighted by atomic mass is 16.5. The van der Waals surface area contributed by atoms with Gasteiger partial charge in [0.15, 0.2) is 0 Å². The Bertz CT molecular complexity index is 998. The van der Waals surface area contributed by atoms with Crippen LogP contribution in [-0.4, -0.2) is 34.4 Å². The first-order valence-corrected chi connectivity index (χ1v) is 11.1. The highest BCUT2D eigenvalue weighted by molar-refractivity contribution is 5.87. The van der Waals surface area contributed by atoms with Gasteiger partial charge in [0, 0.05) is 23.8 Å². The number of ether oxygens (including phenoxy) is 1. The maximum absolute atomic E-state index is 12.1. The van der Waals surface area contributed by atoms with E-state index < -0.39 is 18.0 Å². The van der Waals surface area contributed by atoms with Crippen LogP contribution < -0.4 is 0 Å². The summed E-state index contributed by atoms with van der Waals surface area (Å²) in [6, 6.07) is 12.0. The maximum Gasteiger partial charge on any atom is 0.328 e. The number of benzene rings is 2. The maximum atomic E-state index is 12.1. The van der Waals surface area contributed by atoms with Crippen molar-refractivity contribution in [1.82, 2.24) is 0 Å². The lowest BCUT2D eigenvalue weighted by atomic mass is 9.79. The van der Waals surface area contributed by atoms with E-state index in [2.05, 4.69) is 25.8 Å². The first-order chi connectivity index (χ1) is 15.3. The summed E-state index contributed by atoms with van der Waals surface area (Å²) in [5.41, 5.74) is 2.65. The van der Waals surface area contributed by atoms with Crippen LogP contribution >= 0.6 is 0 Å². The Morgan fingerprint density at radius 2 is 1.67 bits per heavy atom. The van der Waals surface area contributed by atoms with E-state index >= 15 is 0 Å². The van der Waals surface area contributed by atoms with Crippen LogP contribution in [0.3, 0.4) is 0 Å². The van der Waals surface area contributed by atoms with Gasteiger partial charge >= 0.3 is 11.9 Å². The van der Waals surface area contributed by atoms with E-state index in [1.165, 1.54) is 6.21 Å². The topological polar surface area (TPSA) is 96.2 Å². The van der Waals surface area contributed by atoms with Crippen molar-refractivity contribution >= 4 is 18.2 Å². The van der Waals surface area contributed by atoms with E-state index in [0.717, 1.165) is 16.7 Å². The highest BCUT2D eigenvalue weighted by Crippen LogP contribution is 2.37. The minimum absolute atomic E-state index is 0.00527. The molecule has 0 saturated heterocycles. The molecule has 0 aliphatic rings. The number of carbonyl (C=O) groups is 2. The van der Waals surface area contributed by atoms with E-state index in [0.29, 0.717) is 5.56 Å². The smallest absolute Gasteiger partial charge is 0.328 e. The second-order valence-electron chi connectivity index (χ2n) is 10.3. The number of aromatic hydroxyl groups is 1. The summed E-state index contributed by atoms with van der Waals surface area (Å²) in [5.74, 6) is -1.52. The van der Waals surface area contributed by atoms with Gasteiger partial charge in [-0.1, -0.05) is 77.9 Å². The number of carboxylic acid groups (broad SMARTS) is 1. The number of rotatable bonds is 8. The van der Waals surface area contributed by atoms with Crippen molar-refractivity contribution in [3.63, 3.8) is 0 Å². The summed E-state index contributed by atoms with van der Waals surface area (Å²) in [7, 11) is 0. The van der Waals surface area contributed by atoms with Crippen LogP contribution in [0.5, 0.6) is 5.75 Å². The summed E-state index contributed by atoms with van der Waals surface area (Å²) < 4.78 is 5.22. The molecule has 0 aromatic heterocycles. The molecule has 178 valence electrons. The van der Waals surface area contributed by atoms with E-state index in [9.17, 15) is 19.8 Å². The Morgan fingerprint density at radius 3 is 2.21 bits per heavy atom. The molecule has 0 radical (unpaired) electrons. The third-order valence-corrected chi connectivity index (χ3v) is 5.36. The molecular formula is C27H35NO5. The van der Waals surface area contributed by atoms with Crippen molar-refractivity contribution in [2.24, 2.45) is 4.99 Å². The molecule has 2 rings (SSSR count). The molecule has 0 saturated carbocycles. The first kappa shape index (κ1) is 26.1. The van der Waals surface area contributed by atoms with E-state index in [1.807, 2.05) is 63.2 Å². The normalized spacial score (nSPS) is 13.2. The van der Waals surface area contributed by atoms with Crippen LogP contribution in [0.15, 0.2) is 47.5 Å². The zero-order valence-electron chi connectivity index (χ0n) is 20.4. The van der Waals surface area contributed by atoms with Crippen LogP contribution in [0.4, 0.5) is 0 Å². The average molecular weight is 454 g/mol. The van der Waals surface area contributed by atoms with E-state index in [-0.39, 0.29) is 36.0 Å². The van der Waals surface area contributed by atoms with Gasteiger partial charge in [0.2, 0.25) is 0 Å². The number of aliphatic imine (C=N–C) groups is 1. The van der Waals surface area contributed by atoms with Gasteiger partial charge in [-0.2, -0.15) is 0 Å². The Hall–Kier alpha value is -3.15. The fourth-order valence-electron chi connectivity index (χ4n) is 3.26. The SMILES string of the molecule is CC(C)(C)c1cc(C=NC(CCC(=O)OCc2ccccc2)C(=O)O)c(O)c(C(C)(C)C)c1. The minimum Gasteiger partial charge on any atom is -0.507 e. The number of aliphatic carboxylic acids is 1. The van der Waals surface area contributed by atoms with Gasteiger partial charge in [0.25, 0.3) is 0 Å². The molecule has 1 atom stereocenters. The number of carbonyl (C=O) groups excluding carboxylic acids is 1. The molecular weight excluding hydrogens is 418 g/mol. The third-order valence-electron chi connectivity index (χ3n) is 5.36. The standard InChI is InChI=1S/C27H35NO5/c1-26(2,3)20-14-19(24(30)21(15-20)27(4,5)6)16-28-22(25(31)32)12-13-23(29)33-17-18-10-8-7-9-11-18/h7-11,14-16,22,30H,12-13,17H2,1-6H3,(H,31,32). The molecule has 1 unspecified atom stereocenters. The van der Waals surface area contributed by atoms with Gasteiger partial charge in [-0.05, 0) is 34.4 Å². The van der Waals surface area contributed by atoms with Crippen LogP contribution in [0.25, 0.3) is 0 Å². The lowest BCUT2D eigenvalue weighted by Gasteiger charge is -2.27. The molecule has 0 spiro atoms. The van der Waals surface area contributed by atoms with Crippen LogP contribution in [0, 0.1) is 0 Å². The summed E-state index contributed by atoms with van der Waals surface area (Å²) in [5, 5.41) is 20.4. The summed E-state index contributed by atoms with van der Waals surface area (Å²) in [4.78, 5) is 28.0. The number of esters is 1.